The molecule has 134 valence electrons. The number of rotatable bonds is 3. The van der Waals surface area contributed by atoms with Crippen LogP contribution in [0.15, 0.2) is 12.3 Å². The van der Waals surface area contributed by atoms with Gasteiger partial charge in [0.2, 0.25) is 0 Å². The summed E-state index contributed by atoms with van der Waals surface area (Å²) in [6.45, 7) is 7.63. The molecule has 0 aliphatic carbocycles. The monoisotopic (exact) mass is 340 g/mol. The number of aromatic amines is 1. The third-order valence-electron chi connectivity index (χ3n) is 5.57. The Kier molecular flexibility index (Phi) is 4.56. The summed E-state index contributed by atoms with van der Waals surface area (Å²) in [5, 5.41) is 0. The first-order valence-electron chi connectivity index (χ1n) is 9.42. The van der Waals surface area contributed by atoms with E-state index in [1.165, 1.54) is 38.9 Å². The molecule has 0 spiro atoms. The van der Waals surface area contributed by atoms with Gasteiger partial charge in [0.1, 0.15) is 11.5 Å². The molecule has 0 radical (unpaired) electrons. The fourth-order valence-corrected chi connectivity index (χ4v) is 4.23. The molecule has 4 rings (SSSR count). The maximum absolute atomic E-state index is 4.90. The Balaban J connectivity index is 1.61. The molecule has 0 bridgehead atoms. The average molecular weight is 340 g/mol. The van der Waals surface area contributed by atoms with Crippen molar-refractivity contribution in [1.82, 2.24) is 29.7 Å². The van der Waals surface area contributed by atoms with Crippen LogP contribution in [0.3, 0.4) is 0 Å². The van der Waals surface area contributed by atoms with Gasteiger partial charge in [-0.1, -0.05) is 0 Å². The normalized spacial score (nSPS) is 23.4. The average Bonchev–Trinajstić information content (AvgIpc) is 3.24. The number of likely N-dealkylation sites (tertiary alicyclic amines) is 2. The summed E-state index contributed by atoms with van der Waals surface area (Å²) in [6, 6.07) is 3.04. The van der Waals surface area contributed by atoms with Crippen LogP contribution in [0.1, 0.15) is 48.9 Å². The smallest absolute Gasteiger partial charge is 0.156 e. The molecule has 25 heavy (non-hydrogen) atoms. The number of imidazole rings is 1. The van der Waals surface area contributed by atoms with E-state index >= 15 is 0 Å². The van der Waals surface area contributed by atoms with Crippen molar-refractivity contribution in [3.8, 4) is 11.5 Å². The first-order valence-corrected chi connectivity index (χ1v) is 9.42. The van der Waals surface area contributed by atoms with Gasteiger partial charge >= 0.3 is 0 Å². The lowest BCUT2D eigenvalue weighted by atomic mass is 10.0. The van der Waals surface area contributed by atoms with Crippen molar-refractivity contribution in [2.24, 2.45) is 0 Å². The Hall–Kier alpha value is -1.79. The van der Waals surface area contributed by atoms with Crippen molar-refractivity contribution in [3.63, 3.8) is 0 Å². The van der Waals surface area contributed by atoms with Crippen LogP contribution in [0.25, 0.3) is 11.5 Å². The van der Waals surface area contributed by atoms with Gasteiger partial charge in [0.25, 0.3) is 0 Å². The van der Waals surface area contributed by atoms with Gasteiger partial charge in [-0.05, 0) is 72.3 Å². The molecular weight excluding hydrogens is 312 g/mol. The highest BCUT2D eigenvalue weighted by atomic mass is 15.2. The molecule has 0 unspecified atom stereocenters. The van der Waals surface area contributed by atoms with Crippen molar-refractivity contribution in [1.29, 1.82) is 0 Å². The Labute approximate surface area is 149 Å². The highest BCUT2D eigenvalue weighted by Crippen LogP contribution is 2.35. The number of H-pyrrole nitrogens is 1. The van der Waals surface area contributed by atoms with E-state index in [9.17, 15) is 0 Å². The lowest BCUT2D eigenvalue weighted by Gasteiger charge is -2.37. The zero-order chi connectivity index (χ0) is 17.4. The Bertz CT molecular complexity index is 731. The van der Waals surface area contributed by atoms with Crippen molar-refractivity contribution in [3.05, 3.63) is 29.5 Å². The fraction of sp³-hybridized carbons (Fsp3) is 0.632. The standard InChI is InChI=1S/C19H28N6/c1-13-11-16(18-20-12-14(2)22-18)23-19(21-13)17-5-4-8-25(17)15-6-9-24(3)10-7-15/h11-12,15,17H,4-10H2,1-3H3,(H,20,22)/t17-/m1/s1. The van der Waals surface area contributed by atoms with Gasteiger partial charge in [0, 0.05) is 23.6 Å². The molecule has 2 aliphatic heterocycles. The van der Waals surface area contributed by atoms with Gasteiger partial charge in [-0.25, -0.2) is 15.0 Å². The van der Waals surface area contributed by atoms with Crippen molar-refractivity contribution in [2.45, 2.75) is 51.6 Å². The quantitative estimate of drug-likeness (QED) is 0.931. The molecule has 0 saturated carbocycles. The lowest BCUT2D eigenvalue weighted by molar-refractivity contribution is 0.107. The minimum absolute atomic E-state index is 0.350. The van der Waals surface area contributed by atoms with Gasteiger partial charge in [-0.2, -0.15) is 0 Å². The van der Waals surface area contributed by atoms with E-state index in [0.29, 0.717) is 12.1 Å². The summed E-state index contributed by atoms with van der Waals surface area (Å²) in [5.74, 6) is 1.81. The Morgan fingerprint density at radius 1 is 1.08 bits per heavy atom. The highest BCUT2D eigenvalue weighted by Gasteiger charge is 2.35. The number of piperidine rings is 1. The van der Waals surface area contributed by atoms with Crippen LogP contribution in [0, 0.1) is 13.8 Å². The van der Waals surface area contributed by atoms with Crippen molar-refractivity contribution >= 4 is 0 Å². The van der Waals surface area contributed by atoms with E-state index < -0.39 is 0 Å². The van der Waals surface area contributed by atoms with Crippen LogP contribution in [-0.2, 0) is 0 Å². The van der Waals surface area contributed by atoms with Gasteiger partial charge in [0.05, 0.1) is 6.04 Å². The molecule has 2 saturated heterocycles. The van der Waals surface area contributed by atoms with Gasteiger partial charge in [-0.15, -0.1) is 0 Å². The number of hydrogen-bond acceptors (Lipinski definition) is 5. The Morgan fingerprint density at radius 2 is 1.88 bits per heavy atom. The van der Waals surface area contributed by atoms with E-state index in [-0.39, 0.29) is 0 Å². The topological polar surface area (TPSA) is 60.9 Å². The maximum atomic E-state index is 4.90. The molecule has 2 aliphatic rings. The maximum Gasteiger partial charge on any atom is 0.156 e. The van der Waals surface area contributed by atoms with Crippen LogP contribution in [0.2, 0.25) is 0 Å². The molecule has 2 aromatic rings. The fourth-order valence-electron chi connectivity index (χ4n) is 4.23. The molecule has 6 nitrogen and oxygen atoms in total. The van der Waals surface area contributed by atoms with Crippen LogP contribution < -0.4 is 0 Å². The molecule has 2 aromatic heterocycles. The minimum atomic E-state index is 0.350. The first-order chi connectivity index (χ1) is 12.1. The molecule has 1 atom stereocenters. The van der Waals surface area contributed by atoms with Crippen LogP contribution >= 0.6 is 0 Å². The number of nitrogens with one attached hydrogen (secondary N) is 1. The minimum Gasteiger partial charge on any atom is -0.341 e. The van der Waals surface area contributed by atoms with Crippen LogP contribution in [0.5, 0.6) is 0 Å². The zero-order valence-corrected chi connectivity index (χ0v) is 15.5. The number of aryl methyl sites for hydroxylation is 2. The van der Waals surface area contributed by atoms with Gasteiger partial charge in [0.15, 0.2) is 5.82 Å². The summed E-state index contributed by atoms with van der Waals surface area (Å²) in [5.41, 5.74) is 2.98. The predicted molar refractivity (Wildman–Crippen MR) is 98.3 cm³/mol. The van der Waals surface area contributed by atoms with E-state index in [4.69, 9.17) is 9.97 Å². The van der Waals surface area contributed by atoms with Gasteiger partial charge in [-0.3, -0.25) is 4.90 Å². The first kappa shape index (κ1) is 16.7. The van der Waals surface area contributed by atoms with E-state index in [0.717, 1.165) is 35.2 Å². The predicted octanol–water partition coefficient (Wildman–Crippen LogP) is 2.71. The molecule has 1 N–H and O–H groups in total. The van der Waals surface area contributed by atoms with Crippen LogP contribution in [0.4, 0.5) is 0 Å². The van der Waals surface area contributed by atoms with Crippen molar-refractivity contribution < 1.29 is 0 Å². The molecule has 0 amide bonds. The van der Waals surface area contributed by atoms with Crippen LogP contribution in [-0.4, -0.2) is 62.5 Å². The second-order valence-electron chi connectivity index (χ2n) is 7.60. The summed E-state index contributed by atoms with van der Waals surface area (Å²) < 4.78 is 0. The summed E-state index contributed by atoms with van der Waals surface area (Å²) in [6.07, 6.45) is 6.76. The summed E-state index contributed by atoms with van der Waals surface area (Å²) >= 11 is 0. The van der Waals surface area contributed by atoms with E-state index in [1.807, 2.05) is 19.2 Å². The third kappa shape index (κ3) is 3.46. The lowest BCUT2D eigenvalue weighted by Crippen LogP contribution is -2.43. The molecule has 0 aromatic carbocycles. The third-order valence-corrected chi connectivity index (χ3v) is 5.57. The molecule has 4 heterocycles. The number of aromatic nitrogens is 4. The molecule has 6 heteroatoms. The molecule has 2 fully saturated rings. The zero-order valence-electron chi connectivity index (χ0n) is 15.5. The largest absolute Gasteiger partial charge is 0.341 e. The van der Waals surface area contributed by atoms with E-state index in [1.54, 1.807) is 0 Å². The number of hydrogen-bond donors (Lipinski definition) is 1. The van der Waals surface area contributed by atoms with Gasteiger partial charge < -0.3 is 9.88 Å². The highest BCUT2D eigenvalue weighted by molar-refractivity contribution is 5.50. The SMILES string of the molecule is Cc1cc(-c2ncc(C)[nH]2)nc([C@H]2CCCN2C2CCN(C)CC2)n1. The number of nitrogens with zero attached hydrogens (tertiary/aromatic N) is 5. The summed E-state index contributed by atoms with van der Waals surface area (Å²) in [4.78, 5) is 22.5. The second-order valence-corrected chi connectivity index (χ2v) is 7.60. The second kappa shape index (κ2) is 6.84. The van der Waals surface area contributed by atoms with E-state index in [2.05, 4.69) is 33.7 Å². The van der Waals surface area contributed by atoms with Crippen molar-refractivity contribution in [2.75, 3.05) is 26.7 Å². The summed E-state index contributed by atoms with van der Waals surface area (Å²) in [7, 11) is 2.22. The molecular formula is C19H28N6. The Morgan fingerprint density at radius 3 is 2.60 bits per heavy atom.